The first-order chi connectivity index (χ1) is 7.69. The summed E-state index contributed by atoms with van der Waals surface area (Å²) in [7, 11) is 0. The van der Waals surface area contributed by atoms with Gasteiger partial charge in [-0.2, -0.15) is 0 Å². The van der Waals surface area contributed by atoms with E-state index in [1.54, 1.807) is 6.07 Å². The van der Waals surface area contributed by atoms with Crippen LogP contribution in [-0.2, 0) is 0 Å². The molecule has 0 aliphatic heterocycles. The first kappa shape index (κ1) is 11.4. The van der Waals surface area contributed by atoms with Gasteiger partial charge in [-0.05, 0) is 49.8 Å². The lowest BCUT2D eigenvalue weighted by Gasteiger charge is -2.15. The molecule has 1 fully saturated rings. The van der Waals surface area contributed by atoms with Crippen LogP contribution in [0, 0.1) is 18.7 Å². The zero-order valence-corrected chi connectivity index (χ0v) is 10.1. The number of nitrogens with one attached hydrogen (secondary N) is 1. The number of aryl methyl sites for hydroxylation is 1. The van der Waals surface area contributed by atoms with E-state index in [4.69, 9.17) is 0 Å². The normalized spacial score (nSPS) is 24.7. The summed E-state index contributed by atoms with van der Waals surface area (Å²) in [6.07, 6.45) is 4.88. The van der Waals surface area contributed by atoms with E-state index in [-0.39, 0.29) is 5.82 Å². The summed E-state index contributed by atoms with van der Waals surface area (Å²) in [4.78, 5) is 0. The molecule has 1 nitrogen and oxygen atoms in total. The average molecular weight is 221 g/mol. The minimum Gasteiger partial charge on any atom is -0.380 e. The molecule has 1 N–H and O–H groups in total. The van der Waals surface area contributed by atoms with Crippen LogP contribution in [-0.4, -0.2) is 6.04 Å². The summed E-state index contributed by atoms with van der Waals surface area (Å²) >= 11 is 0. The van der Waals surface area contributed by atoms with Crippen molar-refractivity contribution in [2.75, 3.05) is 5.32 Å². The van der Waals surface area contributed by atoms with E-state index >= 15 is 0 Å². The fraction of sp³-hybridized carbons (Fsp3) is 0.571. The van der Waals surface area contributed by atoms with Crippen LogP contribution in [0.3, 0.4) is 0 Å². The molecule has 0 amide bonds. The molecule has 2 unspecified atom stereocenters. The number of anilines is 1. The predicted molar refractivity (Wildman–Crippen MR) is 66.2 cm³/mol. The number of benzene rings is 1. The third-order valence-corrected chi connectivity index (χ3v) is 3.60. The topological polar surface area (TPSA) is 12.0 Å². The van der Waals surface area contributed by atoms with Crippen molar-refractivity contribution in [2.24, 2.45) is 5.92 Å². The van der Waals surface area contributed by atoms with Crippen LogP contribution in [0.2, 0.25) is 0 Å². The Hall–Kier alpha value is -1.05. The lowest BCUT2D eigenvalue weighted by atomic mass is 10.1. The van der Waals surface area contributed by atoms with Crippen LogP contribution < -0.4 is 5.32 Å². The molecule has 1 aliphatic carbocycles. The Bertz CT molecular complexity index is 362. The van der Waals surface area contributed by atoms with Crippen LogP contribution in [0.1, 0.15) is 38.2 Å². The van der Waals surface area contributed by atoms with Crippen LogP contribution in [0.25, 0.3) is 0 Å². The Morgan fingerprint density at radius 3 is 2.81 bits per heavy atom. The maximum Gasteiger partial charge on any atom is 0.146 e. The summed E-state index contributed by atoms with van der Waals surface area (Å²) in [6.45, 7) is 4.15. The highest BCUT2D eigenvalue weighted by Crippen LogP contribution is 2.30. The van der Waals surface area contributed by atoms with Gasteiger partial charge in [-0.25, -0.2) is 4.39 Å². The van der Waals surface area contributed by atoms with Gasteiger partial charge in [0.15, 0.2) is 0 Å². The molecule has 0 spiro atoms. The first-order valence-electron chi connectivity index (χ1n) is 6.21. The SMILES string of the molecule is CCC1CCC(Nc2ccc(C)cc2F)C1. The highest BCUT2D eigenvalue weighted by Gasteiger charge is 2.23. The van der Waals surface area contributed by atoms with E-state index in [9.17, 15) is 4.39 Å². The van der Waals surface area contributed by atoms with Gasteiger partial charge in [-0.15, -0.1) is 0 Å². The third kappa shape index (κ3) is 2.55. The van der Waals surface area contributed by atoms with Gasteiger partial charge in [0.2, 0.25) is 0 Å². The second kappa shape index (κ2) is 4.86. The monoisotopic (exact) mass is 221 g/mol. The molecule has 0 saturated heterocycles. The second-order valence-corrected chi connectivity index (χ2v) is 4.91. The molecule has 16 heavy (non-hydrogen) atoms. The van der Waals surface area contributed by atoms with Crippen molar-refractivity contribution in [3.63, 3.8) is 0 Å². The second-order valence-electron chi connectivity index (χ2n) is 4.91. The zero-order valence-electron chi connectivity index (χ0n) is 10.1. The summed E-state index contributed by atoms with van der Waals surface area (Å²) in [5.41, 5.74) is 1.63. The molecule has 1 saturated carbocycles. The maximum absolute atomic E-state index is 13.6. The summed E-state index contributed by atoms with van der Waals surface area (Å²) in [6, 6.07) is 5.86. The van der Waals surface area contributed by atoms with Crippen LogP contribution in [0.4, 0.5) is 10.1 Å². The quantitative estimate of drug-likeness (QED) is 0.809. The molecule has 2 rings (SSSR count). The van der Waals surface area contributed by atoms with E-state index in [1.807, 2.05) is 19.1 Å². The van der Waals surface area contributed by atoms with E-state index in [0.717, 1.165) is 11.5 Å². The van der Waals surface area contributed by atoms with Crippen LogP contribution in [0.5, 0.6) is 0 Å². The Morgan fingerprint density at radius 1 is 1.38 bits per heavy atom. The highest BCUT2D eigenvalue weighted by molar-refractivity contribution is 5.47. The van der Waals surface area contributed by atoms with Crippen molar-refractivity contribution >= 4 is 5.69 Å². The minimum atomic E-state index is -0.125. The summed E-state index contributed by atoms with van der Waals surface area (Å²) in [5, 5.41) is 3.33. The Morgan fingerprint density at radius 2 is 2.19 bits per heavy atom. The summed E-state index contributed by atoms with van der Waals surface area (Å²) < 4.78 is 13.6. The number of halogens is 1. The van der Waals surface area contributed by atoms with E-state index in [0.29, 0.717) is 11.7 Å². The molecular formula is C14H20FN. The lowest BCUT2D eigenvalue weighted by molar-refractivity contribution is 0.524. The molecule has 2 heteroatoms. The van der Waals surface area contributed by atoms with Gasteiger partial charge in [0.1, 0.15) is 5.82 Å². The smallest absolute Gasteiger partial charge is 0.146 e. The average Bonchev–Trinajstić information content (AvgIpc) is 2.70. The van der Waals surface area contributed by atoms with Gasteiger partial charge in [0.05, 0.1) is 5.69 Å². The van der Waals surface area contributed by atoms with Gasteiger partial charge in [0, 0.05) is 6.04 Å². The van der Waals surface area contributed by atoms with E-state index in [2.05, 4.69) is 12.2 Å². The summed E-state index contributed by atoms with van der Waals surface area (Å²) in [5.74, 6) is 0.700. The standard InChI is InChI=1S/C14H20FN/c1-3-11-5-6-12(9-11)16-14-7-4-10(2)8-13(14)15/h4,7-8,11-12,16H,3,5-6,9H2,1-2H3. The number of hydrogen-bond acceptors (Lipinski definition) is 1. The minimum absolute atomic E-state index is 0.125. The third-order valence-electron chi connectivity index (χ3n) is 3.60. The van der Waals surface area contributed by atoms with Crippen molar-refractivity contribution in [3.8, 4) is 0 Å². The van der Waals surface area contributed by atoms with E-state index < -0.39 is 0 Å². The highest BCUT2D eigenvalue weighted by atomic mass is 19.1. The molecule has 1 aromatic carbocycles. The van der Waals surface area contributed by atoms with Crippen molar-refractivity contribution < 1.29 is 4.39 Å². The predicted octanol–water partition coefficient (Wildman–Crippen LogP) is 4.12. The van der Waals surface area contributed by atoms with Crippen molar-refractivity contribution in [3.05, 3.63) is 29.6 Å². The Kier molecular flexibility index (Phi) is 3.47. The Balaban J connectivity index is 1.99. The molecule has 0 aromatic heterocycles. The largest absolute Gasteiger partial charge is 0.380 e. The number of rotatable bonds is 3. The van der Waals surface area contributed by atoms with Gasteiger partial charge < -0.3 is 5.32 Å². The lowest BCUT2D eigenvalue weighted by Crippen LogP contribution is -2.16. The van der Waals surface area contributed by atoms with Gasteiger partial charge in [0.25, 0.3) is 0 Å². The molecule has 0 radical (unpaired) electrons. The van der Waals surface area contributed by atoms with Gasteiger partial charge in [-0.3, -0.25) is 0 Å². The van der Waals surface area contributed by atoms with Crippen molar-refractivity contribution in [2.45, 2.75) is 45.6 Å². The molecule has 1 aromatic rings. The van der Waals surface area contributed by atoms with Gasteiger partial charge in [-0.1, -0.05) is 19.4 Å². The van der Waals surface area contributed by atoms with Crippen LogP contribution in [0.15, 0.2) is 18.2 Å². The zero-order chi connectivity index (χ0) is 11.5. The van der Waals surface area contributed by atoms with Crippen molar-refractivity contribution in [1.29, 1.82) is 0 Å². The fourth-order valence-corrected chi connectivity index (χ4v) is 2.53. The molecule has 0 bridgehead atoms. The van der Waals surface area contributed by atoms with Crippen LogP contribution >= 0.6 is 0 Å². The fourth-order valence-electron chi connectivity index (χ4n) is 2.53. The van der Waals surface area contributed by atoms with Crippen molar-refractivity contribution in [1.82, 2.24) is 0 Å². The molecule has 1 aliphatic rings. The molecule has 2 atom stereocenters. The molecular weight excluding hydrogens is 201 g/mol. The van der Waals surface area contributed by atoms with Gasteiger partial charge >= 0.3 is 0 Å². The first-order valence-corrected chi connectivity index (χ1v) is 6.21. The number of hydrogen-bond donors (Lipinski definition) is 1. The maximum atomic E-state index is 13.6. The molecule has 0 heterocycles. The Labute approximate surface area is 97.1 Å². The molecule has 88 valence electrons. The van der Waals surface area contributed by atoms with E-state index in [1.165, 1.54) is 25.7 Å².